The maximum Gasteiger partial charge on any atom is 0.273 e. The lowest BCUT2D eigenvalue weighted by Gasteiger charge is -2.03. The first-order valence-electron chi connectivity index (χ1n) is 6.04. The van der Waals surface area contributed by atoms with Crippen molar-refractivity contribution in [1.82, 2.24) is 10.9 Å². The Kier molecular flexibility index (Phi) is 4.34. The van der Waals surface area contributed by atoms with Gasteiger partial charge in [0.05, 0.1) is 11.8 Å². The van der Waals surface area contributed by atoms with Gasteiger partial charge in [0.25, 0.3) is 11.8 Å². The lowest BCUT2D eigenvalue weighted by molar-refractivity contribution is -0.117. The quantitative estimate of drug-likeness (QED) is 0.662. The van der Waals surface area contributed by atoms with Crippen molar-refractivity contribution in [2.75, 3.05) is 0 Å². The van der Waals surface area contributed by atoms with E-state index in [1.807, 2.05) is 30.3 Å². The standard InChI is InChI=1S/C15H14N2O3/c1-11-13(9-10-20-11)15(19)17-16-14(18)8-7-12-5-3-2-4-6-12/h2-10H,1H3,(H,16,18)(H,17,19). The summed E-state index contributed by atoms with van der Waals surface area (Å²) in [6.45, 7) is 1.67. The molecule has 0 aliphatic rings. The third kappa shape index (κ3) is 3.58. The molecular formula is C15H14N2O3. The second-order valence-corrected chi connectivity index (χ2v) is 4.08. The van der Waals surface area contributed by atoms with Crippen LogP contribution in [-0.2, 0) is 4.79 Å². The Morgan fingerprint density at radius 2 is 1.85 bits per heavy atom. The van der Waals surface area contributed by atoms with Crippen LogP contribution in [-0.4, -0.2) is 11.8 Å². The zero-order chi connectivity index (χ0) is 14.4. The monoisotopic (exact) mass is 270 g/mol. The molecule has 0 bridgehead atoms. The van der Waals surface area contributed by atoms with Crippen molar-refractivity contribution in [3.05, 3.63) is 65.6 Å². The SMILES string of the molecule is Cc1occc1C(=O)NNC(=O)C=Cc1ccccc1. The molecule has 0 saturated heterocycles. The van der Waals surface area contributed by atoms with Gasteiger partial charge in [0.15, 0.2) is 0 Å². The van der Waals surface area contributed by atoms with Gasteiger partial charge < -0.3 is 4.42 Å². The van der Waals surface area contributed by atoms with Gasteiger partial charge in [0.1, 0.15) is 5.76 Å². The molecule has 0 unspecified atom stereocenters. The molecular weight excluding hydrogens is 256 g/mol. The van der Waals surface area contributed by atoms with E-state index in [9.17, 15) is 9.59 Å². The van der Waals surface area contributed by atoms with Crippen LogP contribution >= 0.6 is 0 Å². The Hall–Kier alpha value is -2.82. The van der Waals surface area contributed by atoms with E-state index in [0.717, 1.165) is 5.56 Å². The number of hydrazine groups is 1. The number of rotatable bonds is 3. The molecule has 1 aromatic heterocycles. The Bertz CT molecular complexity index is 630. The topological polar surface area (TPSA) is 71.3 Å². The maximum atomic E-state index is 11.7. The third-order valence-corrected chi connectivity index (χ3v) is 2.63. The van der Waals surface area contributed by atoms with Gasteiger partial charge in [-0.15, -0.1) is 0 Å². The Labute approximate surface area is 116 Å². The van der Waals surface area contributed by atoms with Crippen LogP contribution in [0.25, 0.3) is 6.08 Å². The highest BCUT2D eigenvalue weighted by Gasteiger charge is 2.11. The molecule has 102 valence electrons. The number of hydrogen-bond acceptors (Lipinski definition) is 3. The summed E-state index contributed by atoms with van der Waals surface area (Å²) in [7, 11) is 0. The van der Waals surface area contributed by atoms with E-state index >= 15 is 0 Å². The van der Waals surface area contributed by atoms with Crippen molar-refractivity contribution in [2.45, 2.75) is 6.92 Å². The number of carbonyl (C=O) groups excluding carboxylic acids is 2. The van der Waals surface area contributed by atoms with Crippen molar-refractivity contribution in [3.63, 3.8) is 0 Å². The Morgan fingerprint density at radius 3 is 2.50 bits per heavy atom. The zero-order valence-electron chi connectivity index (χ0n) is 10.9. The Balaban J connectivity index is 1.85. The number of amides is 2. The molecule has 5 heteroatoms. The lowest BCUT2D eigenvalue weighted by atomic mass is 10.2. The molecule has 0 spiro atoms. The van der Waals surface area contributed by atoms with Crippen LogP contribution in [0.3, 0.4) is 0 Å². The van der Waals surface area contributed by atoms with Crippen LogP contribution in [0, 0.1) is 6.92 Å². The number of nitrogens with one attached hydrogen (secondary N) is 2. The van der Waals surface area contributed by atoms with Crippen molar-refractivity contribution in [3.8, 4) is 0 Å². The van der Waals surface area contributed by atoms with Gasteiger partial charge in [-0.25, -0.2) is 0 Å². The number of benzene rings is 1. The molecule has 1 heterocycles. The van der Waals surface area contributed by atoms with Crippen LogP contribution < -0.4 is 10.9 Å². The van der Waals surface area contributed by atoms with E-state index in [-0.39, 0.29) is 0 Å². The molecule has 0 aliphatic carbocycles. The van der Waals surface area contributed by atoms with Crippen molar-refractivity contribution in [1.29, 1.82) is 0 Å². The molecule has 0 aliphatic heterocycles. The number of furan rings is 1. The molecule has 0 saturated carbocycles. The number of aryl methyl sites for hydroxylation is 1. The fraction of sp³-hybridized carbons (Fsp3) is 0.0667. The van der Waals surface area contributed by atoms with Crippen LogP contribution in [0.5, 0.6) is 0 Å². The highest BCUT2D eigenvalue weighted by atomic mass is 16.3. The van der Waals surface area contributed by atoms with Crippen LogP contribution in [0.2, 0.25) is 0 Å². The van der Waals surface area contributed by atoms with Gasteiger partial charge in [-0.3, -0.25) is 20.4 Å². The van der Waals surface area contributed by atoms with E-state index in [4.69, 9.17) is 4.42 Å². The first kappa shape index (κ1) is 13.6. The summed E-state index contributed by atoms with van der Waals surface area (Å²) in [5.41, 5.74) is 5.90. The van der Waals surface area contributed by atoms with Gasteiger partial charge in [0, 0.05) is 6.08 Å². The molecule has 2 rings (SSSR count). The molecule has 0 atom stereocenters. The first-order valence-corrected chi connectivity index (χ1v) is 6.04. The predicted molar refractivity (Wildman–Crippen MR) is 74.5 cm³/mol. The first-order chi connectivity index (χ1) is 9.66. The highest BCUT2D eigenvalue weighted by molar-refractivity contribution is 5.98. The molecule has 0 fully saturated rings. The van der Waals surface area contributed by atoms with E-state index < -0.39 is 11.8 Å². The molecule has 5 nitrogen and oxygen atoms in total. The van der Waals surface area contributed by atoms with Crippen molar-refractivity contribution < 1.29 is 14.0 Å². The second kappa shape index (κ2) is 6.38. The fourth-order valence-electron chi connectivity index (χ4n) is 1.58. The number of hydrogen-bond donors (Lipinski definition) is 2. The van der Waals surface area contributed by atoms with E-state index in [1.54, 1.807) is 13.0 Å². The van der Waals surface area contributed by atoms with Crippen LogP contribution in [0.15, 0.2) is 53.2 Å². The molecule has 2 aromatic rings. The van der Waals surface area contributed by atoms with E-state index in [1.165, 1.54) is 18.4 Å². The lowest BCUT2D eigenvalue weighted by Crippen LogP contribution is -2.40. The second-order valence-electron chi connectivity index (χ2n) is 4.08. The fourth-order valence-corrected chi connectivity index (χ4v) is 1.58. The number of carbonyl (C=O) groups is 2. The smallest absolute Gasteiger partial charge is 0.273 e. The van der Waals surface area contributed by atoms with Crippen molar-refractivity contribution >= 4 is 17.9 Å². The summed E-state index contributed by atoms with van der Waals surface area (Å²) < 4.78 is 5.01. The van der Waals surface area contributed by atoms with Crippen molar-refractivity contribution in [2.24, 2.45) is 0 Å². The van der Waals surface area contributed by atoms with Crippen LogP contribution in [0.4, 0.5) is 0 Å². The minimum atomic E-state index is -0.419. The summed E-state index contributed by atoms with van der Waals surface area (Å²) in [6.07, 6.45) is 4.42. The largest absolute Gasteiger partial charge is 0.469 e. The predicted octanol–water partition coefficient (Wildman–Crippen LogP) is 2.06. The minimum absolute atomic E-state index is 0.386. The summed E-state index contributed by atoms with van der Waals surface area (Å²) in [6, 6.07) is 10.9. The van der Waals surface area contributed by atoms with Gasteiger partial charge in [0.2, 0.25) is 0 Å². The molecule has 0 radical (unpaired) electrons. The Morgan fingerprint density at radius 1 is 1.10 bits per heavy atom. The maximum absolute atomic E-state index is 11.7. The summed E-state index contributed by atoms with van der Waals surface area (Å²) in [5, 5.41) is 0. The average Bonchev–Trinajstić information content (AvgIpc) is 2.90. The van der Waals surface area contributed by atoms with E-state index in [2.05, 4.69) is 10.9 Å². The highest BCUT2D eigenvalue weighted by Crippen LogP contribution is 2.07. The van der Waals surface area contributed by atoms with Gasteiger partial charge in [-0.1, -0.05) is 30.3 Å². The van der Waals surface area contributed by atoms with Gasteiger partial charge in [-0.2, -0.15) is 0 Å². The third-order valence-electron chi connectivity index (χ3n) is 2.63. The summed E-state index contributed by atoms with van der Waals surface area (Å²) in [4.78, 5) is 23.2. The summed E-state index contributed by atoms with van der Waals surface area (Å²) >= 11 is 0. The van der Waals surface area contributed by atoms with Gasteiger partial charge in [-0.05, 0) is 24.6 Å². The molecule has 1 aromatic carbocycles. The van der Waals surface area contributed by atoms with E-state index in [0.29, 0.717) is 11.3 Å². The minimum Gasteiger partial charge on any atom is -0.469 e. The molecule has 2 N–H and O–H groups in total. The molecule has 20 heavy (non-hydrogen) atoms. The molecule has 2 amide bonds. The summed E-state index contributed by atoms with van der Waals surface area (Å²) in [5.74, 6) is -0.336. The zero-order valence-corrected chi connectivity index (χ0v) is 10.9. The normalized spacial score (nSPS) is 10.4. The average molecular weight is 270 g/mol. The van der Waals surface area contributed by atoms with Gasteiger partial charge >= 0.3 is 0 Å². The van der Waals surface area contributed by atoms with Crippen LogP contribution in [0.1, 0.15) is 21.7 Å².